The van der Waals surface area contributed by atoms with Gasteiger partial charge in [-0.15, -0.1) is 0 Å². The van der Waals surface area contributed by atoms with E-state index in [2.05, 4.69) is 9.84 Å². The highest BCUT2D eigenvalue weighted by Gasteiger charge is 2.14. The van der Waals surface area contributed by atoms with Gasteiger partial charge in [-0.05, 0) is 18.2 Å². The predicted octanol–water partition coefficient (Wildman–Crippen LogP) is 2.03. The number of nitrogens with two attached hydrogens (primary N) is 1. The van der Waals surface area contributed by atoms with Crippen LogP contribution in [0.2, 0.25) is 5.02 Å². The molecule has 1 aromatic heterocycles. The molecule has 0 spiro atoms. The molecule has 0 bridgehead atoms. The summed E-state index contributed by atoms with van der Waals surface area (Å²) in [4.78, 5) is 11.3. The molecule has 0 aliphatic carbocycles. The molecule has 1 heterocycles. The molecule has 0 saturated carbocycles. The van der Waals surface area contributed by atoms with E-state index >= 15 is 0 Å². The first-order chi connectivity index (χ1) is 8.52. The maximum absolute atomic E-state index is 13.0. The third kappa shape index (κ3) is 2.14. The fourth-order valence-corrected chi connectivity index (χ4v) is 1.60. The van der Waals surface area contributed by atoms with Gasteiger partial charge in [0.05, 0.1) is 17.8 Å². The summed E-state index contributed by atoms with van der Waals surface area (Å²) in [6, 6.07) is 5.37. The molecule has 7 heteroatoms. The van der Waals surface area contributed by atoms with Crippen molar-refractivity contribution in [2.75, 3.05) is 12.8 Å². The van der Waals surface area contributed by atoms with E-state index in [1.807, 2.05) is 0 Å². The van der Waals surface area contributed by atoms with Crippen LogP contribution in [-0.2, 0) is 4.74 Å². The zero-order valence-electron chi connectivity index (χ0n) is 9.35. The zero-order valence-corrected chi connectivity index (χ0v) is 10.1. The van der Waals surface area contributed by atoms with E-state index in [4.69, 9.17) is 17.3 Å². The van der Waals surface area contributed by atoms with E-state index < -0.39 is 11.8 Å². The van der Waals surface area contributed by atoms with Gasteiger partial charge < -0.3 is 10.5 Å². The predicted molar refractivity (Wildman–Crippen MR) is 64.3 cm³/mol. The second-order valence-electron chi connectivity index (χ2n) is 3.46. The van der Waals surface area contributed by atoms with Crippen LogP contribution in [0.4, 0.5) is 10.2 Å². The summed E-state index contributed by atoms with van der Waals surface area (Å²) >= 11 is 5.66. The summed E-state index contributed by atoms with van der Waals surface area (Å²) in [5.41, 5.74) is 6.23. The zero-order chi connectivity index (χ0) is 13.3. The highest BCUT2D eigenvalue weighted by Crippen LogP contribution is 2.21. The highest BCUT2D eigenvalue weighted by molar-refractivity contribution is 6.30. The minimum Gasteiger partial charge on any atom is -0.464 e. The molecule has 5 nitrogen and oxygen atoms in total. The van der Waals surface area contributed by atoms with Gasteiger partial charge in [-0.3, -0.25) is 0 Å². The lowest BCUT2D eigenvalue weighted by molar-refractivity contribution is 0.0593. The maximum atomic E-state index is 13.0. The number of benzene rings is 1. The van der Waals surface area contributed by atoms with Crippen LogP contribution in [0.15, 0.2) is 24.3 Å². The molecule has 0 aliphatic rings. The van der Waals surface area contributed by atoms with Crippen LogP contribution in [0.5, 0.6) is 0 Å². The average Bonchev–Trinajstić information content (AvgIpc) is 2.74. The first-order valence-electron chi connectivity index (χ1n) is 4.92. The number of hydrogen-bond donors (Lipinski definition) is 1. The van der Waals surface area contributed by atoms with Crippen LogP contribution in [0, 0.1) is 5.82 Å². The van der Waals surface area contributed by atoms with Gasteiger partial charge >= 0.3 is 5.97 Å². The monoisotopic (exact) mass is 269 g/mol. The number of hydrogen-bond acceptors (Lipinski definition) is 4. The number of aromatic nitrogens is 2. The highest BCUT2D eigenvalue weighted by atomic mass is 35.5. The lowest BCUT2D eigenvalue weighted by Gasteiger charge is -2.04. The number of nitrogens with zero attached hydrogens (tertiary/aromatic N) is 2. The third-order valence-electron chi connectivity index (χ3n) is 2.28. The smallest absolute Gasteiger partial charge is 0.358 e. The fraction of sp³-hybridized carbons (Fsp3) is 0.0909. The summed E-state index contributed by atoms with van der Waals surface area (Å²) in [5, 5.41) is 3.90. The summed E-state index contributed by atoms with van der Waals surface area (Å²) in [5.74, 6) is -0.925. The first-order valence-corrected chi connectivity index (χ1v) is 5.30. The Bertz CT molecular complexity index is 612. The molecule has 18 heavy (non-hydrogen) atoms. The molecule has 0 atom stereocenters. The Balaban J connectivity index is 2.47. The Kier molecular flexibility index (Phi) is 3.20. The third-order valence-corrected chi connectivity index (χ3v) is 2.57. The molecule has 0 fully saturated rings. The summed E-state index contributed by atoms with van der Waals surface area (Å²) in [6.07, 6.45) is 0. The number of rotatable bonds is 2. The van der Waals surface area contributed by atoms with Crippen molar-refractivity contribution in [3.8, 4) is 5.69 Å². The topological polar surface area (TPSA) is 70.1 Å². The molecule has 0 aliphatic heterocycles. The second-order valence-corrected chi connectivity index (χ2v) is 3.86. The summed E-state index contributed by atoms with van der Waals surface area (Å²) < 4.78 is 18.8. The summed E-state index contributed by atoms with van der Waals surface area (Å²) in [7, 11) is 1.24. The number of anilines is 1. The number of carbonyl (C=O) groups excluding carboxylic acids is 1. The van der Waals surface area contributed by atoms with Crippen molar-refractivity contribution in [3.05, 3.63) is 40.8 Å². The van der Waals surface area contributed by atoms with Crippen LogP contribution < -0.4 is 5.73 Å². The average molecular weight is 270 g/mol. The van der Waals surface area contributed by atoms with Crippen LogP contribution in [-0.4, -0.2) is 22.9 Å². The van der Waals surface area contributed by atoms with E-state index in [1.165, 1.54) is 36.1 Å². The van der Waals surface area contributed by atoms with Crippen LogP contribution in [0.25, 0.3) is 5.69 Å². The molecule has 2 aromatic rings. The number of esters is 1. The van der Waals surface area contributed by atoms with Gasteiger partial charge in [0.1, 0.15) is 11.6 Å². The molecule has 0 radical (unpaired) electrons. The number of halogens is 2. The quantitative estimate of drug-likeness (QED) is 0.847. The van der Waals surface area contributed by atoms with Gasteiger partial charge in [-0.2, -0.15) is 5.10 Å². The Morgan fingerprint density at radius 3 is 2.83 bits per heavy atom. The van der Waals surface area contributed by atoms with E-state index in [1.54, 1.807) is 0 Å². The number of methoxy groups -OCH3 is 1. The lowest BCUT2D eigenvalue weighted by Crippen LogP contribution is -2.05. The van der Waals surface area contributed by atoms with E-state index in [0.717, 1.165) is 0 Å². The van der Waals surface area contributed by atoms with Crippen LogP contribution >= 0.6 is 11.6 Å². The normalized spacial score (nSPS) is 10.4. The van der Waals surface area contributed by atoms with Gasteiger partial charge in [-0.25, -0.2) is 13.9 Å². The van der Waals surface area contributed by atoms with Gasteiger partial charge in [-0.1, -0.05) is 11.6 Å². The summed E-state index contributed by atoms with van der Waals surface area (Å²) in [6.45, 7) is 0. The molecular weight excluding hydrogens is 261 g/mol. The molecule has 2 N–H and O–H groups in total. The Morgan fingerprint density at radius 2 is 2.22 bits per heavy atom. The van der Waals surface area contributed by atoms with Gasteiger partial charge in [0, 0.05) is 6.07 Å². The van der Waals surface area contributed by atoms with Crippen molar-refractivity contribution in [3.63, 3.8) is 0 Å². The second kappa shape index (κ2) is 4.66. The minimum absolute atomic E-state index is 0.0537. The van der Waals surface area contributed by atoms with E-state index in [9.17, 15) is 9.18 Å². The Morgan fingerprint density at radius 1 is 1.50 bits per heavy atom. The Hall–Kier alpha value is -2.08. The van der Waals surface area contributed by atoms with E-state index in [0.29, 0.717) is 5.69 Å². The largest absolute Gasteiger partial charge is 0.464 e. The Labute approximate surface area is 107 Å². The molecule has 94 valence electrons. The van der Waals surface area contributed by atoms with Crippen molar-refractivity contribution < 1.29 is 13.9 Å². The standard InChI is InChI=1S/C11H9ClFN3O2/c1-18-11(17)9-5-10(14)16(15-9)6-2-3-8(13)7(12)4-6/h2-5H,14H2,1H3. The molecule has 1 aromatic carbocycles. The number of carbonyl (C=O) groups is 1. The molecule has 0 amide bonds. The van der Waals surface area contributed by atoms with Gasteiger partial charge in [0.15, 0.2) is 5.69 Å². The van der Waals surface area contributed by atoms with Crippen molar-refractivity contribution in [1.82, 2.24) is 9.78 Å². The minimum atomic E-state index is -0.603. The maximum Gasteiger partial charge on any atom is 0.358 e. The van der Waals surface area contributed by atoms with Gasteiger partial charge in [0.2, 0.25) is 0 Å². The molecule has 0 unspecified atom stereocenters. The van der Waals surface area contributed by atoms with Crippen molar-refractivity contribution in [2.24, 2.45) is 0 Å². The van der Waals surface area contributed by atoms with E-state index in [-0.39, 0.29) is 16.5 Å². The van der Waals surface area contributed by atoms with Gasteiger partial charge in [0.25, 0.3) is 0 Å². The fourth-order valence-electron chi connectivity index (χ4n) is 1.42. The van der Waals surface area contributed by atoms with Crippen LogP contribution in [0.1, 0.15) is 10.5 Å². The SMILES string of the molecule is COC(=O)c1cc(N)n(-c2ccc(F)c(Cl)c2)n1. The lowest BCUT2D eigenvalue weighted by atomic mass is 10.3. The number of nitrogen functional groups attached to an aromatic ring is 1. The first kappa shape index (κ1) is 12.4. The molecule has 2 rings (SSSR count). The number of ether oxygens (including phenoxy) is 1. The van der Waals surface area contributed by atoms with Crippen molar-refractivity contribution >= 4 is 23.4 Å². The van der Waals surface area contributed by atoms with Crippen molar-refractivity contribution in [1.29, 1.82) is 0 Å². The molecular formula is C11H9ClFN3O2. The van der Waals surface area contributed by atoms with Crippen LogP contribution in [0.3, 0.4) is 0 Å². The van der Waals surface area contributed by atoms with Crippen molar-refractivity contribution in [2.45, 2.75) is 0 Å². The molecule has 0 saturated heterocycles.